The Morgan fingerprint density at radius 2 is 1.76 bits per heavy atom. The van der Waals surface area contributed by atoms with Gasteiger partial charge >= 0.3 is 0 Å². The number of fused-ring (bicyclic) bond motifs is 1. The normalized spacial score (nSPS) is 16.9. The minimum absolute atomic E-state index is 0.172. The molecular formula is C20H23N3O6. The number of rotatable bonds is 7. The van der Waals surface area contributed by atoms with Gasteiger partial charge in [-0.3, -0.25) is 4.90 Å². The predicted octanol–water partition coefficient (Wildman–Crippen LogP) is 2.95. The Balaban J connectivity index is 1.89. The zero-order valence-corrected chi connectivity index (χ0v) is 16.3. The van der Waals surface area contributed by atoms with Crippen LogP contribution in [-0.2, 0) is 4.74 Å². The number of benzene rings is 2. The fourth-order valence-electron chi connectivity index (χ4n) is 3.84. The number of hydrogen-bond acceptors (Lipinski definition) is 8. The number of methoxy groups -OCH3 is 2. The minimum atomic E-state index is -0.248. The molecule has 1 unspecified atom stereocenters. The maximum absolute atomic E-state index is 11.1. The summed E-state index contributed by atoms with van der Waals surface area (Å²) < 4.78 is 27.8. The Bertz CT molecular complexity index is 885. The molecule has 2 aromatic rings. The first-order valence-corrected chi connectivity index (χ1v) is 9.31. The number of morpholine rings is 1. The van der Waals surface area contributed by atoms with Crippen molar-refractivity contribution in [2.75, 3.05) is 52.7 Å². The molecule has 0 aromatic heterocycles. The van der Waals surface area contributed by atoms with E-state index in [0.29, 0.717) is 55.0 Å². The highest BCUT2D eigenvalue weighted by Crippen LogP contribution is 2.46. The minimum Gasteiger partial charge on any atom is -0.496 e. The lowest BCUT2D eigenvalue weighted by Crippen LogP contribution is -2.39. The summed E-state index contributed by atoms with van der Waals surface area (Å²) in [4.78, 5) is 13.4. The standard InChI is InChI=1S/C20H23N3O6/c1-25-15-5-3-4-13(19(15)21-22-24)20(23-6-8-27-9-7-23)14-10-17-18(29-12-28-17)11-16(14)26-2/h3-5,10-11,20H,6-9,12H2,1-2H3,(H,21,24). The third kappa shape index (κ3) is 3.66. The van der Waals surface area contributed by atoms with Gasteiger partial charge in [-0.2, -0.15) is 0 Å². The summed E-state index contributed by atoms with van der Waals surface area (Å²) in [5.74, 6) is 2.49. The van der Waals surface area contributed by atoms with E-state index in [9.17, 15) is 4.91 Å². The first-order valence-electron chi connectivity index (χ1n) is 9.31. The molecule has 2 aliphatic heterocycles. The number of ether oxygens (including phenoxy) is 5. The fourth-order valence-corrected chi connectivity index (χ4v) is 3.84. The molecule has 1 fully saturated rings. The van der Waals surface area contributed by atoms with Gasteiger partial charge in [0.25, 0.3) is 0 Å². The Morgan fingerprint density at radius 1 is 1.03 bits per heavy atom. The van der Waals surface area contributed by atoms with Gasteiger partial charge in [-0.25, -0.2) is 5.43 Å². The molecule has 1 N–H and O–H groups in total. The van der Waals surface area contributed by atoms with Crippen LogP contribution in [0.4, 0.5) is 5.69 Å². The quantitative estimate of drug-likeness (QED) is 0.559. The van der Waals surface area contributed by atoms with Crippen LogP contribution in [0.1, 0.15) is 17.2 Å². The highest BCUT2D eigenvalue weighted by atomic mass is 16.7. The summed E-state index contributed by atoms with van der Waals surface area (Å²) in [6, 6.07) is 9.12. The van der Waals surface area contributed by atoms with Gasteiger partial charge in [-0.1, -0.05) is 12.1 Å². The van der Waals surface area contributed by atoms with Crippen molar-refractivity contribution in [3.05, 3.63) is 46.4 Å². The van der Waals surface area contributed by atoms with Crippen LogP contribution in [0.2, 0.25) is 0 Å². The Morgan fingerprint density at radius 3 is 2.45 bits per heavy atom. The first-order chi connectivity index (χ1) is 14.3. The van der Waals surface area contributed by atoms with Crippen molar-refractivity contribution >= 4 is 5.69 Å². The summed E-state index contributed by atoms with van der Waals surface area (Å²) in [5, 5.41) is 2.90. The topological polar surface area (TPSA) is 90.9 Å². The number of hydrogen-bond donors (Lipinski definition) is 1. The van der Waals surface area contributed by atoms with Gasteiger partial charge in [0.15, 0.2) is 11.5 Å². The molecule has 0 aliphatic carbocycles. The lowest BCUT2D eigenvalue weighted by atomic mass is 9.93. The van der Waals surface area contributed by atoms with E-state index in [0.717, 1.165) is 11.1 Å². The van der Waals surface area contributed by atoms with Crippen molar-refractivity contribution in [3.63, 3.8) is 0 Å². The van der Waals surface area contributed by atoms with Crippen LogP contribution in [0.3, 0.4) is 0 Å². The highest BCUT2D eigenvalue weighted by molar-refractivity contribution is 5.66. The van der Waals surface area contributed by atoms with Crippen LogP contribution in [-0.4, -0.2) is 52.2 Å². The van der Waals surface area contributed by atoms with Gasteiger partial charge in [-0.05, 0) is 12.1 Å². The highest BCUT2D eigenvalue weighted by Gasteiger charge is 2.32. The summed E-state index contributed by atoms with van der Waals surface area (Å²) >= 11 is 0. The van der Waals surface area contributed by atoms with E-state index in [1.54, 1.807) is 20.3 Å². The van der Waals surface area contributed by atoms with Gasteiger partial charge in [0.2, 0.25) is 6.79 Å². The molecule has 9 heteroatoms. The van der Waals surface area contributed by atoms with Crippen LogP contribution < -0.4 is 24.4 Å². The molecule has 0 spiro atoms. The van der Waals surface area contributed by atoms with E-state index in [-0.39, 0.29) is 12.8 Å². The molecule has 0 saturated carbocycles. The van der Waals surface area contributed by atoms with Crippen molar-refractivity contribution in [1.29, 1.82) is 0 Å². The number of nitrogens with zero attached hydrogens (tertiary/aromatic N) is 2. The molecule has 29 heavy (non-hydrogen) atoms. The second-order valence-electron chi connectivity index (χ2n) is 6.63. The Kier molecular flexibility index (Phi) is 5.68. The average molecular weight is 401 g/mol. The van der Waals surface area contributed by atoms with E-state index in [1.165, 1.54) is 0 Å². The SMILES string of the molecule is COc1cc2c(cc1C(c1cccc(OC)c1NN=O)N1CCOCC1)OCO2. The first kappa shape index (κ1) is 19.3. The third-order valence-corrected chi connectivity index (χ3v) is 5.16. The predicted molar refractivity (Wildman–Crippen MR) is 106 cm³/mol. The lowest BCUT2D eigenvalue weighted by Gasteiger charge is -2.36. The van der Waals surface area contributed by atoms with E-state index in [2.05, 4.69) is 15.6 Å². The number of nitroso groups, excluding NO2 is 1. The maximum Gasteiger partial charge on any atom is 0.231 e. The second-order valence-corrected chi connectivity index (χ2v) is 6.63. The number of para-hydroxylation sites is 1. The van der Waals surface area contributed by atoms with Crippen LogP contribution >= 0.6 is 0 Å². The van der Waals surface area contributed by atoms with Gasteiger partial charge in [0, 0.05) is 30.3 Å². The molecule has 2 aromatic carbocycles. The van der Waals surface area contributed by atoms with Gasteiger partial charge in [0.05, 0.1) is 38.8 Å². The summed E-state index contributed by atoms with van der Waals surface area (Å²) in [5.41, 5.74) is 4.81. The number of anilines is 1. The molecule has 1 saturated heterocycles. The molecule has 0 bridgehead atoms. The molecule has 4 rings (SSSR count). The molecule has 9 nitrogen and oxygen atoms in total. The van der Waals surface area contributed by atoms with Crippen molar-refractivity contribution in [3.8, 4) is 23.0 Å². The van der Waals surface area contributed by atoms with Crippen LogP contribution in [0.5, 0.6) is 23.0 Å². The van der Waals surface area contributed by atoms with Crippen LogP contribution in [0.25, 0.3) is 0 Å². The molecule has 2 heterocycles. The van der Waals surface area contributed by atoms with Gasteiger partial charge in [0.1, 0.15) is 17.2 Å². The van der Waals surface area contributed by atoms with Crippen molar-refractivity contribution in [1.82, 2.24) is 4.90 Å². The monoisotopic (exact) mass is 401 g/mol. The molecular weight excluding hydrogens is 378 g/mol. The summed E-state index contributed by atoms with van der Waals surface area (Å²) in [6.45, 7) is 2.83. The second kappa shape index (κ2) is 8.54. The smallest absolute Gasteiger partial charge is 0.231 e. The third-order valence-electron chi connectivity index (χ3n) is 5.16. The van der Waals surface area contributed by atoms with E-state index in [4.69, 9.17) is 23.7 Å². The molecule has 154 valence electrons. The van der Waals surface area contributed by atoms with E-state index in [1.807, 2.05) is 24.3 Å². The molecule has 0 amide bonds. The largest absolute Gasteiger partial charge is 0.496 e. The zero-order valence-electron chi connectivity index (χ0n) is 16.3. The lowest BCUT2D eigenvalue weighted by molar-refractivity contribution is 0.0236. The van der Waals surface area contributed by atoms with Gasteiger partial charge < -0.3 is 23.7 Å². The molecule has 0 radical (unpaired) electrons. The van der Waals surface area contributed by atoms with Gasteiger partial charge in [-0.15, -0.1) is 4.91 Å². The van der Waals surface area contributed by atoms with Crippen molar-refractivity contribution in [2.24, 2.45) is 5.29 Å². The average Bonchev–Trinajstić information content (AvgIpc) is 3.22. The molecule has 1 atom stereocenters. The van der Waals surface area contributed by atoms with Crippen molar-refractivity contribution in [2.45, 2.75) is 6.04 Å². The van der Waals surface area contributed by atoms with Crippen LogP contribution in [0, 0.1) is 4.91 Å². The zero-order chi connectivity index (χ0) is 20.2. The number of nitrogens with one attached hydrogen (secondary N) is 1. The summed E-state index contributed by atoms with van der Waals surface area (Å²) in [7, 11) is 3.18. The fraction of sp³-hybridized carbons (Fsp3) is 0.400. The van der Waals surface area contributed by atoms with E-state index >= 15 is 0 Å². The van der Waals surface area contributed by atoms with Crippen LogP contribution in [0.15, 0.2) is 35.6 Å². The Labute approximate surface area is 168 Å². The molecule has 2 aliphatic rings. The summed E-state index contributed by atoms with van der Waals surface area (Å²) in [6.07, 6.45) is 0. The van der Waals surface area contributed by atoms with Crippen molar-refractivity contribution < 1.29 is 23.7 Å². The Hall–Kier alpha value is -3.04. The maximum atomic E-state index is 11.1. The van der Waals surface area contributed by atoms with E-state index < -0.39 is 0 Å².